The number of benzene rings is 2. The molecule has 0 radical (unpaired) electrons. The summed E-state index contributed by atoms with van der Waals surface area (Å²) in [4.78, 5) is 4.09. The van der Waals surface area contributed by atoms with Crippen molar-refractivity contribution in [1.82, 2.24) is 15.2 Å². The molecule has 2 heterocycles. The zero-order valence-corrected chi connectivity index (χ0v) is 21.0. The van der Waals surface area contributed by atoms with Crippen molar-refractivity contribution in [3.8, 4) is 17.2 Å². The van der Waals surface area contributed by atoms with E-state index >= 15 is 0 Å². The van der Waals surface area contributed by atoms with E-state index in [1.807, 2.05) is 30.3 Å². The molecule has 1 atom stereocenters. The van der Waals surface area contributed by atoms with Crippen LogP contribution in [0.15, 0.2) is 59.1 Å². The van der Waals surface area contributed by atoms with Gasteiger partial charge in [-0.1, -0.05) is 25.5 Å². The smallest absolute Gasteiger partial charge is 0.418 e. The van der Waals surface area contributed by atoms with Crippen LogP contribution >= 0.6 is 0 Å². The molecule has 37 heavy (non-hydrogen) atoms. The van der Waals surface area contributed by atoms with Crippen LogP contribution in [0.1, 0.15) is 62.0 Å². The van der Waals surface area contributed by atoms with Crippen molar-refractivity contribution in [3.05, 3.63) is 71.7 Å². The SMILES string of the molecule is CCC(Cc1nnc(-c2ccc(OC)cc2)o1)C1CCC(c2ccnc3c(C(F)(F)F)cccc23)CC1. The maximum atomic E-state index is 13.5. The molecule has 5 rings (SSSR count). The first-order valence-corrected chi connectivity index (χ1v) is 12.8. The Labute approximate surface area is 214 Å². The second-order valence-corrected chi connectivity index (χ2v) is 9.81. The summed E-state index contributed by atoms with van der Waals surface area (Å²) in [6, 6.07) is 13.8. The van der Waals surface area contributed by atoms with Gasteiger partial charge in [0.15, 0.2) is 0 Å². The lowest BCUT2D eigenvalue weighted by Crippen LogP contribution is -2.22. The third-order valence-corrected chi connectivity index (χ3v) is 7.75. The van der Waals surface area contributed by atoms with Gasteiger partial charge in [-0.15, -0.1) is 10.2 Å². The zero-order chi connectivity index (χ0) is 26.0. The Morgan fingerprint density at radius 1 is 1.00 bits per heavy atom. The molecule has 2 aromatic carbocycles. The Balaban J connectivity index is 1.26. The van der Waals surface area contributed by atoms with Crippen LogP contribution in [0.4, 0.5) is 13.2 Å². The molecular weight excluding hydrogens is 479 g/mol. The van der Waals surface area contributed by atoms with Crippen LogP contribution < -0.4 is 4.74 Å². The molecule has 0 spiro atoms. The lowest BCUT2D eigenvalue weighted by molar-refractivity contribution is -0.136. The highest BCUT2D eigenvalue weighted by atomic mass is 19.4. The molecular formula is C29H30F3N3O2. The van der Waals surface area contributed by atoms with Gasteiger partial charge in [0.25, 0.3) is 0 Å². The summed E-state index contributed by atoms with van der Waals surface area (Å²) in [6.45, 7) is 2.19. The third kappa shape index (κ3) is 5.33. The summed E-state index contributed by atoms with van der Waals surface area (Å²) in [5.74, 6) is 3.06. The van der Waals surface area contributed by atoms with E-state index in [1.54, 1.807) is 13.2 Å². The molecule has 0 bridgehead atoms. The van der Waals surface area contributed by atoms with Gasteiger partial charge in [-0.05, 0) is 85.4 Å². The van der Waals surface area contributed by atoms with Crippen LogP contribution in [0.3, 0.4) is 0 Å². The summed E-state index contributed by atoms with van der Waals surface area (Å²) in [6.07, 6.45) is 2.75. The lowest BCUT2D eigenvalue weighted by atomic mass is 9.72. The number of fused-ring (bicyclic) bond motifs is 1. The highest BCUT2D eigenvalue weighted by molar-refractivity contribution is 5.85. The van der Waals surface area contributed by atoms with Gasteiger partial charge in [-0.3, -0.25) is 4.98 Å². The Morgan fingerprint density at radius 2 is 1.76 bits per heavy atom. The number of rotatable bonds is 7. The molecule has 0 saturated heterocycles. The molecule has 5 nitrogen and oxygen atoms in total. The summed E-state index contributed by atoms with van der Waals surface area (Å²) >= 11 is 0. The predicted molar refractivity (Wildman–Crippen MR) is 135 cm³/mol. The van der Waals surface area contributed by atoms with Crippen LogP contribution in [-0.4, -0.2) is 22.3 Å². The third-order valence-electron chi connectivity index (χ3n) is 7.75. The Hall–Kier alpha value is -3.42. The molecule has 1 fully saturated rings. The van der Waals surface area contributed by atoms with Crippen molar-refractivity contribution < 1.29 is 22.3 Å². The first kappa shape index (κ1) is 25.2. The van der Waals surface area contributed by atoms with Gasteiger partial charge in [-0.2, -0.15) is 13.2 Å². The van der Waals surface area contributed by atoms with E-state index in [0.29, 0.717) is 29.0 Å². The molecule has 194 valence electrons. The van der Waals surface area contributed by atoms with E-state index in [4.69, 9.17) is 9.15 Å². The fourth-order valence-corrected chi connectivity index (χ4v) is 5.74. The number of halogens is 3. The standard InChI is InChI=1S/C29H30F3N3O2/c1-3-18(17-26-34-35-28(37-26)21-11-13-22(36-2)14-12-21)19-7-9-20(10-8-19)23-15-16-33-27-24(23)5-4-6-25(27)29(30,31)32/h4-6,11-16,18-20H,3,7-10,17H2,1-2H3. The van der Waals surface area contributed by atoms with E-state index < -0.39 is 11.7 Å². The number of para-hydroxylation sites is 1. The van der Waals surface area contributed by atoms with Gasteiger partial charge in [-0.25, -0.2) is 0 Å². The number of pyridine rings is 1. The van der Waals surface area contributed by atoms with Crippen molar-refractivity contribution >= 4 is 10.9 Å². The van der Waals surface area contributed by atoms with Crippen molar-refractivity contribution in [2.75, 3.05) is 7.11 Å². The molecule has 4 aromatic rings. The summed E-state index contributed by atoms with van der Waals surface area (Å²) in [5, 5.41) is 9.15. The van der Waals surface area contributed by atoms with Gasteiger partial charge < -0.3 is 9.15 Å². The first-order valence-electron chi connectivity index (χ1n) is 12.8. The minimum Gasteiger partial charge on any atom is -0.497 e. The number of hydrogen-bond donors (Lipinski definition) is 0. The molecule has 1 aliphatic carbocycles. The molecule has 0 aliphatic heterocycles. The fourth-order valence-electron chi connectivity index (χ4n) is 5.74. The van der Waals surface area contributed by atoms with Crippen LogP contribution in [-0.2, 0) is 12.6 Å². The van der Waals surface area contributed by atoms with Gasteiger partial charge in [0.2, 0.25) is 11.8 Å². The van der Waals surface area contributed by atoms with Crippen LogP contribution in [0.25, 0.3) is 22.4 Å². The van der Waals surface area contributed by atoms with E-state index in [2.05, 4.69) is 22.1 Å². The number of alkyl halides is 3. The second-order valence-electron chi connectivity index (χ2n) is 9.81. The topological polar surface area (TPSA) is 61.0 Å². The lowest BCUT2D eigenvalue weighted by Gasteiger charge is -2.33. The number of hydrogen-bond acceptors (Lipinski definition) is 5. The zero-order valence-electron chi connectivity index (χ0n) is 21.0. The monoisotopic (exact) mass is 509 g/mol. The van der Waals surface area contributed by atoms with Crippen molar-refractivity contribution in [3.63, 3.8) is 0 Å². The highest BCUT2D eigenvalue weighted by Crippen LogP contribution is 2.43. The van der Waals surface area contributed by atoms with Gasteiger partial charge >= 0.3 is 6.18 Å². The maximum Gasteiger partial charge on any atom is 0.418 e. The minimum absolute atomic E-state index is 0.0464. The van der Waals surface area contributed by atoms with Gasteiger partial charge in [0.05, 0.1) is 18.2 Å². The fraction of sp³-hybridized carbons (Fsp3) is 0.414. The van der Waals surface area contributed by atoms with E-state index in [1.165, 1.54) is 12.3 Å². The normalized spacial score (nSPS) is 19.2. The predicted octanol–water partition coefficient (Wildman–Crippen LogP) is 7.85. The van der Waals surface area contributed by atoms with Crippen LogP contribution in [0, 0.1) is 11.8 Å². The van der Waals surface area contributed by atoms with Crippen molar-refractivity contribution in [2.45, 2.75) is 57.5 Å². The molecule has 8 heteroatoms. The molecule has 2 aromatic heterocycles. The molecule has 0 amide bonds. The highest BCUT2D eigenvalue weighted by Gasteiger charge is 2.34. The van der Waals surface area contributed by atoms with E-state index in [0.717, 1.165) is 61.5 Å². The van der Waals surface area contributed by atoms with Crippen molar-refractivity contribution in [1.29, 1.82) is 0 Å². The Bertz CT molecular complexity index is 1340. The maximum absolute atomic E-state index is 13.5. The number of nitrogens with zero attached hydrogens (tertiary/aromatic N) is 3. The molecule has 1 aliphatic rings. The second kappa shape index (κ2) is 10.5. The average molecular weight is 510 g/mol. The van der Waals surface area contributed by atoms with Gasteiger partial charge in [0.1, 0.15) is 5.75 Å². The average Bonchev–Trinajstić information content (AvgIpc) is 3.39. The van der Waals surface area contributed by atoms with Gasteiger partial charge in [0, 0.05) is 23.6 Å². The minimum atomic E-state index is -4.42. The quantitative estimate of drug-likeness (QED) is 0.254. The summed E-state index contributed by atoms with van der Waals surface area (Å²) in [5.41, 5.74) is 1.21. The first-order chi connectivity index (χ1) is 17.9. The van der Waals surface area contributed by atoms with E-state index in [-0.39, 0.29) is 11.4 Å². The summed E-state index contributed by atoms with van der Waals surface area (Å²) in [7, 11) is 1.63. The molecule has 1 unspecified atom stereocenters. The number of methoxy groups -OCH3 is 1. The Kier molecular flexibility index (Phi) is 7.17. The number of aromatic nitrogens is 3. The van der Waals surface area contributed by atoms with E-state index in [9.17, 15) is 13.2 Å². The number of ether oxygens (including phenoxy) is 1. The Morgan fingerprint density at radius 3 is 2.43 bits per heavy atom. The van der Waals surface area contributed by atoms with Crippen LogP contribution in [0.5, 0.6) is 5.75 Å². The summed E-state index contributed by atoms with van der Waals surface area (Å²) < 4.78 is 51.7. The van der Waals surface area contributed by atoms with Crippen LogP contribution in [0.2, 0.25) is 0 Å². The molecule has 0 N–H and O–H groups in total. The van der Waals surface area contributed by atoms with Crippen molar-refractivity contribution in [2.24, 2.45) is 11.8 Å². The largest absolute Gasteiger partial charge is 0.497 e. The molecule has 1 saturated carbocycles.